The Hall–Kier alpha value is 3.07. The Labute approximate surface area is 93.8 Å². The third kappa shape index (κ3) is 8.91. The van der Waals surface area contributed by atoms with Gasteiger partial charge in [0.15, 0.2) is 0 Å². The van der Waals surface area contributed by atoms with Crippen molar-refractivity contribution in [2.24, 2.45) is 0 Å². The summed E-state index contributed by atoms with van der Waals surface area (Å²) in [6.07, 6.45) is 0. The van der Waals surface area contributed by atoms with Crippen LogP contribution in [0, 0.1) is 0 Å². The fourth-order valence-electron chi connectivity index (χ4n) is 0. The van der Waals surface area contributed by atoms with Gasteiger partial charge in [-0.3, -0.25) is 0 Å². The molecule has 4 heavy (non-hydrogen) atoms. The predicted octanol–water partition coefficient (Wildman–Crippen LogP) is -3.02. The van der Waals surface area contributed by atoms with Crippen LogP contribution in [0.1, 0.15) is 0 Å². The summed E-state index contributed by atoms with van der Waals surface area (Å²) in [7, 11) is 1.12. The maximum atomic E-state index is 3.08. The first-order valence-electron chi connectivity index (χ1n) is 0.378. The molecule has 0 saturated carbocycles. The van der Waals surface area contributed by atoms with Crippen LogP contribution in [0.5, 0.6) is 0 Å². The molecule has 0 saturated heterocycles. The molecule has 0 amide bonds. The van der Waals surface area contributed by atoms with Crippen LogP contribution in [0.25, 0.3) is 0 Å². The van der Waals surface area contributed by atoms with Crippen LogP contribution in [-0.2, 0) is 15.4 Å². The van der Waals surface area contributed by atoms with Gasteiger partial charge in [-0.15, -0.1) is 0 Å². The van der Waals surface area contributed by atoms with Crippen LogP contribution in [0.15, 0.2) is 0 Å². The molecule has 0 rings (SSSR count). The summed E-state index contributed by atoms with van der Waals surface area (Å²) in [6, 6.07) is 0. The number of rotatable bonds is 0. The van der Waals surface area contributed by atoms with Crippen molar-refractivity contribution < 1.29 is 15.4 Å². The average Bonchev–Trinajstić information content (AvgIpc) is 1.00. The topological polar surface area (TPSA) is 0 Å². The van der Waals surface area contributed by atoms with Gasteiger partial charge in [0.1, 0.15) is 0 Å². The zero-order valence-corrected chi connectivity index (χ0v) is 4.56. The maximum absolute atomic E-state index is 3.08. The zero-order chi connectivity index (χ0) is 2.00. The van der Waals surface area contributed by atoms with Crippen molar-refractivity contribution in [1.82, 2.24) is 0 Å². The van der Waals surface area contributed by atoms with Crippen molar-refractivity contribution in [1.29, 1.82) is 0 Å². The minimum atomic E-state index is 0. The Morgan fingerprint density at radius 2 is 1.25 bits per heavy atom. The molecule has 0 aromatic carbocycles. The normalized spacial score (nSPS) is 2.25. The van der Waals surface area contributed by atoms with E-state index in [1.54, 1.807) is 0 Å². The van der Waals surface area contributed by atoms with Crippen molar-refractivity contribution in [3.05, 3.63) is 0 Å². The number of hydrogen-bond donors (Lipinski definition) is 0. The van der Waals surface area contributed by atoms with Crippen LogP contribution in [0.2, 0.25) is 0 Å². The van der Waals surface area contributed by atoms with Crippen LogP contribution >= 0.6 is 0 Å². The zero-order valence-electron chi connectivity index (χ0n) is 1.38. The third-order valence-electron chi connectivity index (χ3n) is 0. The SMILES string of the molecule is [BaH2].[MgH2].[SiH3][Mn]. The van der Waals surface area contributed by atoms with Crippen molar-refractivity contribution in [2.75, 3.05) is 0 Å². The van der Waals surface area contributed by atoms with E-state index < -0.39 is 0 Å². The Morgan fingerprint density at radius 1 is 1.25 bits per heavy atom. The summed E-state index contributed by atoms with van der Waals surface area (Å²) in [5.41, 5.74) is 0. The van der Waals surface area contributed by atoms with E-state index in [2.05, 4.69) is 15.4 Å². The Balaban J connectivity index is -0.00000000500. The molecular formula is H7BaMgMnSi. The molecule has 0 spiro atoms. The van der Waals surface area contributed by atoms with Gasteiger partial charge in [0, 0.05) is 0 Å². The van der Waals surface area contributed by atoms with Gasteiger partial charge in [-0.05, 0) is 0 Å². The molecule has 0 aromatic heterocycles. The summed E-state index contributed by atoms with van der Waals surface area (Å²) < 4.78 is 0. The van der Waals surface area contributed by atoms with Gasteiger partial charge in [0.05, 0.1) is 0 Å². The van der Waals surface area contributed by atoms with Crippen molar-refractivity contribution in [3.8, 4) is 0 Å². The molecular weight excluding hydrogens is 245 g/mol. The quantitative estimate of drug-likeness (QED) is 0.402. The molecule has 0 aromatic rings. The molecule has 0 unspecified atom stereocenters. The first-order chi connectivity index (χ1) is 1.00. The summed E-state index contributed by atoms with van der Waals surface area (Å²) >= 11 is 3.08. The van der Waals surface area contributed by atoms with Gasteiger partial charge in [-0.25, -0.2) is 0 Å². The van der Waals surface area contributed by atoms with E-state index in [1.165, 1.54) is 0 Å². The number of hydrogen-bond acceptors (Lipinski definition) is 0. The van der Waals surface area contributed by atoms with Crippen molar-refractivity contribution >= 4 is 80.8 Å². The summed E-state index contributed by atoms with van der Waals surface area (Å²) in [4.78, 5) is 0. The minimum absolute atomic E-state index is 0. The summed E-state index contributed by atoms with van der Waals surface area (Å²) in [6.45, 7) is 0. The van der Waals surface area contributed by atoms with E-state index in [1.807, 2.05) is 0 Å². The second kappa shape index (κ2) is 16.5. The fraction of sp³-hybridized carbons (Fsp3) is 0. The van der Waals surface area contributed by atoms with E-state index in [9.17, 15) is 0 Å². The van der Waals surface area contributed by atoms with E-state index in [-0.39, 0.29) is 71.9 Å². The third-order valence-corrected chi connectivity index (χ3v) is 0. The molecule has 0 nitrogen and oxygen atoms in total. The molecule has 0 atom stereocenters. The van der Waals surface area contributed by atoms with Gasteiger partial charge >= 0.3 is 96.2 Å². The monoisotopic (exact) mass is 252 g/mol. The van der Waals surface area contributed by atoms with Gasteiger partial charge < -0.3 is 0 Å². The molecule has 0 fully saturated rings. The Kier molecular flexibility index (Phi) is 65.1. The van der Waals surface area contributed by atoms with Crippen molar-refractivity contribution in [3.63, 3.8) is 0 Å². The average molecular weight is 252 g/mol. The predicted molar refractivity (Wildman–Crippen MR) is 27.0 cm³/mol. The van der Waals surface area contributed by atoms with E-state index in [0.717, 1.165) is 8.85 Å². The second-order valence-corrected chi connectivity index (χ2v) is 0. The molecule has 0 radical (unpaired) electrons. The molecule has 0 heterocycles. The molecule has 4 heteroatoms. The van der Waals surface area contributed by atoms with Gasteiger partial charge in [0.25, 0.3) is 0 Å². The molecule has 0 N–H and O–H groups in total. The van der Waals surface area contributed by atoms with Crippen LogP contribution in [0.3, 0.4) is 0 Å². The summed E-state index contributed by atoms with van der Waals surface area (Å²) in [5.74, 6) is 0. The van der Waals surface area contributed by atoms with E-state index in [0.29, 0.717) is 0 Å². The van der Waals surface area contributed by atoms with Gasteiger partial charge in [0.2, 0.25) is 0 Å². The van der Waals surface area contributed by atoms with Crippen LogP contribution in [0.4, 0.5) is 0 Å². The van der Waals surface area contributed by atoms with Crippen LogP contribution < -0.4 is 0 Å². The van der Waals surface area contributed by atoms with Crippen LogP contribution in [-0.4, -0.2) is 80.8 Å². The first-order valence-corrected chi connectivity index (χ1v) is 4.68. The van der Waals surface area contributed by atoms with Gasteiger partial charge in [-0.1, -0.05) is 0 Å². The molecule has 0 bridgehead atoms. The molecule has 0 aliphatic rings. The second-order valence-electron chi connectivity index (χ2n) is 0. The van der Waals surface area contributed by atoms with Crippen molar-refractivity contribution in [2.45, 2.75) is 0 Å². The summed E-state index contributed by atoms with van der Waals surface area (Å²) in [5, 5.41) is 0. The van der Waals surface area contributed by atoms with E-state index >= 15 is 0 Å². The molecule has 0 aliphatic heterocycles. The Bertz CT molecular complexity index is 8.00. The standard InChI is InChI=1S/Ba.Mg.Mn.H3Si.4H/h;;;1H3;;;;. The fourth-order valence-corrected chi connectivity index (χ4v) is 0. The van der Waals surface area contributed by atoms with E-state index in [4.69, 9.17) is 0 Å². The molecule has 0 aliphatic carbocycles. The van der Waals surface area contributed by atoms with Gasteiger partial charge in [-0.2, -0.15) is 0 Å². The first kappa shape index (κ1) is 15.7. The Morgan fingerprint density at radius 3 is 1.25 bits per heavy atom. The molecule has 22 valence electrons.